The van der Waals surface area contributed by atoms with Gasteiger partial charge in [-0.3, -0.25) is 4.79 Å². The third-order valence-corrected chi connectivity index (χ3v) is 3.74. The Morgan fingerprint density at radius 1 is 1.21 bits per heavy atom. The van der Waals surface area contributed by atoms with Crippen molar-refractivity contribution < 1.29 is 19.1 Å². The van der Waals surface area contributed by atoms with Crippen molar-refractivity contribution in [3.8, 4) is 5.75 Å². The number of likely N-dealkylation sites (N-methyl/N-ethyl adjacent to an activating group) is 1. The molecule has 0 heterocycles. The van der Waals surface area contributed by atoms with E-state index in [4.69, 9.17) is 32.7 Å². The molecule has 0 saturated heterocycles. The zero-order valence-electron chi connectivity index (χ0n) is 13.9. The van der Waals surface area contributed by atoms with Crippen LogP contribution in [-0.2, 0) is 14.3 Å². The number of carbonyl (C=O) groups excluding carboxylic acids is 2. The number of hydrogen-bond acceptors (Lipinski definition) is 4. The summed E-state index contributed by atoms with van der Waals surface area (Å²) in [5.41, 5.74) is -0.979. The molecule has 1 aromatic carbocycles. The molecule has 1 aromatic rings. The maximum atomic E-state index is 12.4. The summed E-state index contributed by atoms with van der Waals surface area (Å²) in [4.78, 5) is 26.1. The Balaban J connectivity index is 2.75. The zero-order chi connectivity index (χ0) is 18.3. The van der Waals surface area contributed by atoms with E-state index in [-0.39, 0.29) is 5.91 Å². The molecule has 7 heteroatoms. The fourth-order valence-corrected chi connectivity index (χ4v) is 2.19. The van der Waals surface area contributed by atoms with E-state index in [2.05, 4.69) is 6.58 Å². The molecule has 2 unspecified atom stereocenters. The van der Waals surface area contributed by atoms with E-state index in [1.54, 1.807) is 36.1 Å². The molecular formula is C17H21Cl2NO4. The van der Waals surface area contributed by atoms with Crippen molar-refractivity contribution in [2.24, 2.45) is 0 Å². The monoisotopic (exact) mass is 373 g/mol. The van der Waals surface area contributed by atoms with Crippen LogP contribution in [0.4, 0.5) is 0 Å². The molecule has 0 aliphatic carbocycles. The fourth-order valence-electron chi connectivity index (χ4n) is 1.91. The lowest BCUT2D eigenvalue weighted by molar-refractivity contribution is -0.160. The summed E-state index contributed by atoms with van der Waals surface area (Å²) in [5.74, 6) is -0.838. The van der Waals surface area contributed by atoms with Crippen LogP contribution in [-0.4, -0.2) is 41.5 Å². The molecule has 0 saturated carbocycles. The van der Waals surface area contributed by atoms with E-state index in [0.717, 1.165) is 0 Å². The van der Waals surface area contributed by atoms with Crippen LogP contribution in [0.25, 0.3) is 0 Å². The van der Waals surface area contributed by atoms with Gasteiger partial charge < -0.3 is 14.4 Å². The maximum absolute atomic E-state index is 12.4. The van der Waals surface area contributed by atoms with Crippen molar-refractivity contribution in [2.45, 2.75) is 32.4 Å². The van der Waals surface area contributed by atoms with Gasteiger partial charge in [0.25, 0.3) is 11.5 Å². The summed E-state index contributed by atoms with van der Waals surface area (Å²) in [6.07, 6.45) is -1.09. The minimum atomic E-state index is -1.39. The van der Waals surface area contributed by atoms with E-state index in [1.807, 2.05) is 13.8 Å². The van der Waals surface area contributed by atoms with Crippen molar-refractivity contribution in [3.05, 3.63) is 41.4 Å². The molecule has 0 bridgehead atoms. The fraction of sp³-hybridized carbons (Fsp3) is 0.412. The van der Waals surface area contributed by atoms with Gasteiger partial charge in [0.15, 0.2) is 0 Å². The highest BCUT2D eigenvalue weighted by Gasteiger charge is 2.30. The lowest BCUT2D eigenvalue weighted by Crippen LogP contribution is -2.43. The van der Waals surface area contributed by atoms with Gasteiger partial charge in [0.2, 0.25) is 6.10 Å². The molecule has 0 N–H and O–H groups in total. The van der Waals surface area contributed by atoms with E-state index in [0.29, 0.717) is 29.4 Å². The van der Waals surface area contributed by atoms with Gasteiger partial charge in [-0.05, 0) is 50.6 Å². The average molecular weight is 374 g/mol. The Morgan fingerprint density at radius 3 is 2.21 bits per heavy atom. The summed E-state index contributed by atoms with van der Waals surface area (Å²) < 4.78 is 10.5. The molecule has 0 aliphatic heterocycles. The number of hydrogen-bond donors (Lipinski definition) is 0. The van der Waals surface area contributed by atoms with Gasteiger partial charge in [-0.2, -0.15) is 0 Å². The summed E-state index contributed by atoms with van der Waals surface area (Å²) in [7, 11) is 0. The molecule has 0 aliphatic rings. The van der Waals surface area contributed by atoms with Gasteiger partial charge in [0.1, 0.15) is 5.75 Å². The minimum absolute atomic E-state index is 0.337. The number of halogens is 2. The number of esters is 1. The summed E-state index contributed by atoms with van der Waals surface area (Å²) in [6, 6.07) is 6.35. The smallest absolute Gasteiger partial charge is 0.364 e. The summed E-state index contributed by atoms with van der Waals surface area (Å²) in [5, 5.41) is 0.531. The first-order chi connectivity index (χ1) is 11.3. The van der Waals surface area contributed by atoms with Crippen LogP contribution in [0.3, 0.4) is 0 Å². The third-order valence-electron chi connectivity index (χ3n) is 3.22. The number of benzene rings is 1. The second-order valence-electron chi connectivity index (χ2n) is 5.06. The quantitative estimate of drug-likeness (QED) is 0.396. The van der Waals surface area contributed by atoms with Crippen LogP contribution in [0, 0.1) is 0 Å². The standard InChI is InChI=1S/C17H21Cl2NO4/c1-5-20(6-2)16(21)14(11(3)4)24-17(22)15(19)23-13-9-7-12(18)8-10-13/h7-10,14-15H,3,5-6H2,1-2,4H3. The second kappa shape index (κ2) is 9.55. The second-order valence-corrected chi connectivity index (χ2v) is 5.89. The third kappa shape index (κ3) is 5.73. The highest BCUT2D eigenvalue weighted by Crippen LogP contribution is 2.19. The van der Waals surface area contributed by atoms with E-state index in [9.17, 15) is 9.59 Å². The number of alkyl halides is 1. The van der Waals surface area contributed by atoms with Gasteiger partial charge in [-0.1, -0.05) is 29.8 Å². The Hall–Kier alpha value is -1.72. The Bertz CT molecular complexity index is 585. The minimum Gasteiger partial charge on any atom is -0.463 e. The largest absolute Gasteiger partial charge is 0.463 e. The van der Waals surface area contributed by atoms with Crippen molar-refractivity contribution in [3.63, 3.8) is 0 Å². The number of amides is 1. The van der Waals surface area contributed by atoms with Crippen molar-refractivity contribution in [1.29, 1.82) is 0 Å². The van der Waals surface area contributed by atoms with Crippen LogP contribution in [0.15, 0.2) is 36.4 Å². The zero-order valence-corrected chi connectivity index (χ0v) is 15.4. The van der Waals surface area contributed by atoms with E-state index >= 15 is 0 Å². The molecule has 0 aromatic heterocycles. The Morgan fingerprint density at radius 2 is 1.75 bits per heavy atom. The van der Waals surface area contributed by atoms with Crippen LogP contribution >= 0.6 is 23.2 Å². The number of nitrogens with zero attached hydrogens (tertiary/aromatic N) is 1. The number of ether oxygens (including phenoxy) is 2. The van der Waals surface area contributed by atoms with Gasteiger partial charge in [0, 0.05) is 18.1 Å². The lowest BCUT2D eigenvalue weighted by Gasteiger charge is -2.25. The van der Waals surface area contributed by atoms with Crippen LogP contribution < -0.4 is 4.74 Å². The molecule has 0 spiro atoms. The van der Waals surface area contributed by atoms with Gasteiger partial charge in [-0.15, -0.1) is 0 Å². The molecule has 1 amide bonds. The Kier molecular flexibility index (Phi) is 8.08. The Labute approximate surface area is 152 Å². The topological polar surface area (TPSA) is 55.8 Å². The predicted octanol–water partition coefficient (Wildman–Crippen LogP) is 3.64. The van der Waals surface area contributed by atoms with Crippen LogP contribution in [0.5, 0.6) is 5.75 Å². The van der Waals surface area contributed by atoms with Crippen LogP contribution in [0.1, 0.15) is 20.8 Å². The normalized spacial score (nSPS) is 12.9. The van der Waals surface area contributed by atoms with Gasteiger partial charge in [-0.25, -0.2) is 4.79 Å². The highest BCUT2D eigenvalue weighted by atomic mass is 35.5. The molecule has 24 heavy (non-hydrogen) atoms. The first-order valence-electron chi connectivity index (χ1n) is 7.51. The van der Waals surface area contributed by atoms with Gasteiger partial charge >= 0.3 is 5.97 Å². The van der Waals surface area contributed by atoms with E-state index in [1.165, 1.54) is 0 Å². The number of carbonyl (C=O) groups is 2. The van der Waals surface area contributed by atoms with E-state index < -0.39 is 17.6 Å². The maximum Gasteiger partial charge on any atom is 0.364 e. The van der Waals surface area contributed by atoms with Gasteiger partial charge in [0.05, 0.1) is 0 Å². The molecule has 5 nitrogen and oxygen atoms in total. The SMILES string of the molecule is C=C(C)C(OC(=O)C(Cl)Oc1ccc(Cl)cc1)C(=O)N(CC)CC. The predicted molar refractivity (Wildman–Crippen MR) is 94.3 cm³/mol. The highest BCUT2D eigenvalue weighted by molar-refractivity contribution is 6.30. The first-order valence-corrected chi connectivity index (χ1v) is 8.32. The molecular weight excluding hydrogens is 353 g/mol. The number of rotatable bonds is 8. The van der Waals surface area contributed by atoms with Crippen molar-refractivity contribution in [1.82, 2.24) is 4.90 Å². The average Bonchev–Trinajstić information content (AvgIpc) is 2.55. The van der Waals surface area contributed by atoms with Crippen molar-refractivity contribution in [2.75, 3.05) is 13.1 Å². The lowest BCUT2D eigenvalue weighted by atomic mass is 10.1. The molecule has 0 radical (unpaired) electrons. The summed E-state index contributed by atoms with van der Waals surface area (Å²) in [6.45, 7) is 10.0. The molecule has 0 fully saturated rings. The first kappa shape index (κ1) is 20.3. The molecule has 2 atom stereocenters. The molecule has 132 valence electrons. The van der Waals surface area contributed by atoms with Crippen molar-refractivity contribution >= 4 is 35.1 Å². The summed E-state index contributed by atoms with van der Waals surface area (Å²) >= 11 is 11.7. The van der Waals surface area contributed by atoms with Crippen LogP contribution in [0.2, 0.25) is 5.02 Å². The molecule has 1 rings (SSSR count).